The quantitative estimate of drug-likeness (QED) is 0.394. The number of hydrogen-bond acceptors (Lipinski definition) is 5. The molecule has 0 aromatic heterocycles. The standard InChI is InChI=1S/C18H33N3O4S/c1-11(2)9-13(10-14(22)21(25)12(3)4)16(23)20-15(17(24)19-7)18(5,6)26-8/h11,13,15,25H,3,9-10H2,1-2,4-8H3,(H,19,24)(H,20,23)/t13-,15+/m1/s1. The summed E-state index contributed by atoms with van der Waals surface area (Å²) in [7, 11) is 1.52. The number of carbonyl (C=O) groups excluding carboxylic acids is 3. The molecule has 0 spiro atoms. The molecule has 0 rings (SSSR count). The zero-order chi connectivity index (χ0) is 20.7. The first-order valence-electron chi connectivity index (χ1n) is 8.61. The Morgan fingerprint density at radius 3 is 2.15 bits per heavy atom. The fourth-order valence-corrected chi connectivity index (χ4v) is 2.84. The fourth-order valence-electron chi connectivity index (χ4n) is 2.44. The first-order chi connectivity index (χ1) is 11.9. The van der Waals surface area contributed by atoms with Gasteiger partial charge in [0.2, 0.25) is 11.8 Å². The lowest BCUT2D eigenvalue weighted by Crippen LogP contribution is -2.57. The number of nitrogens with one attached hydrogen (secondary N) is 2. The minimum absolute atomic E-state index is 0.159. The molecule has 26 heavy (non-hydrogen) atoms. The molecule has 0 aliphatic carbocycles. The molecule has 0 unspecified atom stereocenters. The molecule has 7 nitrogen and oxygen atoms in total. The summed E-state index contributed by atoms with van der Waals surface area (Å²) in [5.41, 5.74) is 0.186. The minimum atomic E-state index is -0.744. The Morgan fingerprint density at radius 1 is 1.23 bits per heavy atom. The van der Waals surface area contributed by atoms with Gasteiger partial charge in [0.15, 0.2) is 0 Å². The molecule has 0 radical (unpaired) electrons. The molecule has 8 heteroatoms. The molecule has 3 amide bonds. The lowest BCUT2D eigenvalue weighted by molar-refractivity contribution is -0.159. The van der Waals surface area contributed by atoms with Crippen LogP contribution in [0, 0.1) is 11.8 Å². The highest BCUT2D eigenvalue weighted by atomic mass is 32.2. The molecule has 0 aliphatic rings. The SMILES string of the molecule is C=C(C)N(O)C(=O)C[C@@H](CC(C)C)C(=O)N[C@@H](C(=O)NC)C(C)(C)SC. The van der Waals surface area contributed by atoms with Crippen LogP contribution in [-0.4, -0.2) is 52.1 Å². The van der Waals surface area contributed by atoms with Gasteiger partial charge in [0.1, 0.15) is 6.04 Å². The van der Waals surface area contributed by atoms with E-state index in [0.717, 1.165) is 0 Å². The number of carbonyl (C=O) groups is 3. The zero-order valence-corrected chi connectivity index (χ0v) is 17.7. The predicted octanol–water partition coefficient (Wildman–Crippen LogP) is 2.16. The van der Waals surface area contributed by atoms with E-state index in [1.165, 1.54) is 25.7 Å². The van der Waals surface area contributed by atoms with Crippen LogP contribution in [0.3, 0.4) is 0 Å². The summed E-state index contributed by atoms with van der Waals surface area (Å²) in [6.07, 6.45) is 2.17. The summed E-state index contributed by atoms with van der Waals surface area (Å²) >= 11 is 1.47. The van der Waals surface area contributed by atoms with Gasteiger partial charge >= 0.3 is 0 Å². The van der Waals surface area contributed by atoms with Gasteiger partial charge in [-0.3, -0.25) is 19.6 Å². The molecule has 2 atom stereocenters. The van der Waals surface area contributed by atoms with Crippen molar-refractivity contribution in [3.63, 3.8) is 0 Å². The monoisotopic (exact) mass is 387 g/mol. The number of amides is 3. The van der Waals surface area contributed by atoms with Gasteiger partial charge in [-0.15, -0.1) is 0 Å². The molecular formula is C18H33N3O4S. The van der Waals surface area contributed by atoms with Gasteiger partial charge < -0.3 is 10.6 Å². The van der Waals surface area contributed by atoms with E-state index < -0.39 is 22.6 Å². The number of thioether (sulfide) groups is 1. The largest absolute Gasteiger partial charge is 0.357 e. The van der Waals surface area contributed by atoms with Gasteiger partial charge in [-0.2, -0.15) is 16.8 Å². The van der Waals surface area contributed by atoms with Gasteiger partial charge in [-0.1, -0.05) is 20.4 Å². The summed E-state index contributed by atoms with van der Waals surface area (Å²) < 4.78 is -0.525. The molecule has 0 bridgehead atoms. The Balaban J connectivity index is 5.42. The molecule has 3 N–H and O–H groups in total. The second-order valence-electron chi connectivity index (χ2n) is 7.33. The van der Waals surface area contributed by atoms with E-state index in [0.29, 0.717) is 11.5 Å². The van der Waals surface area contributed by atoms with Crippen LogP contribution in [0.2, 0.25) is 0 Å². The summed E-state index contributed by atoms with van der Waals surface area (Å²) in [6, 6.07) is -0.744. The van der Waals surface area contributed by atoms with Crippen molar-refractivity contribution in [3.8, 4) is 0 Å². The van der Waals surface area contributed by atoms with Crippen LogP contribution in [0.5, 0.6) is 0 Å². The number of rotatable bonds is 10. The summed E-state index contributed by atoms with van der Waals surface area (Å²) in [5, 5.41) is 15.5. The highest BCUT2D eigenvalue weighted by Gasteiger charge is 2.37. The smallest absolute Gasteiger partial charge is 0.251 e. The molecular weight excluding hydrogens is 354 g/mol. The zero-order valence-electron chi connectivity index (χ0n) is 16.9. The van der Waals surface area contributed by atoms with Crippen molar-refractivity contribution >= 4 is 29.5 Å². The summed E-state index contributed by atoms with van der Waals surface area (Å²) in [4.78, 5) is 37.2. The normalized spacial score (nSPS) is 13.7. The number of likely N-dealkylation sites (N-methyl/N-ethyl adjacent to an activating group) is 1. The van der Waals surface area contributed by atoms with Crippen LogP contribution in [0.1, 0.15) is 47.5 Å². The Kier molecular flexibility index (Phi) is 9.94. The third kappa shape index (κ3) is 7.37. The molecule has 150 valence electrons. The van der Waals surface area contributed by atoms with E-state index >= 15 is 0 Å². The fraction of sp³-hybridized carbons (Fsp3) is 0.722. The topological polar surface area (TPSA) is 98.7 Å². The Hall–Kier alpha value is -1.54. The van der Waals surface area contributed by atoms with Crippen molar-refractivity contribution in [2.24, 2.45) is 11.8 Å². The van der Waals surface area contributed by atoms with E-state index in [1.807, 2.05) is 34.0 Å². The van der Waals surface area contributed by atoms with Crippen molar-refractivity contribution in [3.05, 3.63) is 12.3 Å². The van der Waals surface area contributed by atoms with Gasteiger partial charge in [-0.25, -0.2) is 0 Å². The summed E-state index contributed by atoms with van der Waals surface area (Å²) in [5.74, 6) is -1.75. The van der Waals surface area contributed by atoms with Gasteiger partial charge in [0.25, 0.3) is 5.91 Å². The molecule has 0 heterocycles. The minimum Gasteiger partial charge on any atom is -0.357 e. The molecule has 0 saturated carbocycles. The van der Waals surface area contributed by atoms with Crippen LogP contribution in [0.4, 0.5) is 0 Å². The van der Waals surface area contributed by atoms with Crippen LogP contribution in [0.25, 0.3) is 0 Å². The first kappa shape index (κ1) is 24.5. The van der Waals surface area contributed by atoms with E-state index in [-0.39, 0.29) is 29.9 Å². The average molecular weight is 388 g/mol. The van der Waals surface area contributed by atoms with E-state index in [1.54, 1.807) is 0 Å². The Bertz CT molecular complexity index is 535. The third-order valence-corrected chi connectivity index (χ3v) is 5.45. The highest BCUT2D eigenvalue weighted by Crippen LogP contribution is 2.27. The van der Waals surface area contributed by atoms with E-state index in [4.69, 9.17) is 0 Å². The van der Waals surface area contributed by atoms with Gasteiger partial charge in [0.05, 0.1) is 0 Å². The molecule has 0 aromatic carbocycles. The van der Waals surface area contributed by atoms with Gasteiger partial charge in [-0.05, 0) is 39.4 Å². The van der Waals surface area contributed by atoms with Crippen molar-refractivity contribution < 1.29 is 19.6 Å². The second-order valence-corrected chi connectivity index (χ2v) is 8.80. The average Bonchev–Trinajstić information content (AvgIpc) is 2.56. The van der Waals surface area contributed by atoms with Crippen LogP contribution in [-0.2, 0) is 14.4 Å². The summed E-state index contributed by atoms with van der Waals surface area (Å²) in [6.45, 7) is 12.6. The Labute approximate surface area is 160 Å². The second kappa shape index (κ2) is 10.6. The van der Waals surface area contributed by atoms with Crippen molar-refractivity contribution in [1.29, 1.82) is 0 Å². The maximum Gasteiger partial charge on any atom is 0.251 e. The molecule has 0 aromatic rings. The van der Waals surface area contributed by atoms with Crippen LogP contribution in [0.15, 0.2) is 12.3 Å². The van der Waals surface area contributed by atoms with Crippen LogP contribution < -0.4 is 10.6 Å². The predicted molar refractivity (Wildman–Crippen MR) is 105 cm³/mol. The third-order valence-electron chi connectivity index (χ3n) is 4.16. The first-order valence-corrected chi connectivity index (χ1v) is 9.84. The van der Waals surface area contributed by atoms with E-state index in [2.05, 4.69) is 17.2 Å². The van der Waals surface area contributed by atoms with Crippen molar-refractivity contribution in [2.75, 3.05) is 13.3 Å². The Morgan fingerprint density at radius 2 is 1.77 bits per heavy atom. The van der Waals surface area contributed by atoms with Crippen molar-refractivity contribution in [2.45, 2.75) is 58.2 Å². The number of hydrogen-bond donors (Lipinski definition) is 3. The lowest BCUT2D eigenvalue weighted by atomic mass is 9.91. The number of hydroxylamine groups is 2. The lowest BCUT2D eigenvalue weighted by Gasteiger charge is -2.33. The van der Waals surface area contributed by atoms with Crippen LogP contribution >= 0.6 is 11.8 Å². The number of allylic oxidation sites excluding steroid dienone is 1. The maximum atomic E-state index is 12.8. The molecule has 0 aliphatic heterocycles. The number of nitrogens with zero attached hydrogens (tertiary/aromatic N) is 1. The van der Waals surface area contributed by atoms with E-state index in [9.17, 15) is 19.6 Å². The maximum absolute atomic E-state index is 12.8. The molecule has 0 saturated heterocycles. The molecule has 0 fully saturated rings. The van der Waals surface area contributed by atoms with Gasteiger partial charge in [0, 0.05) is 29.8 Å². The highest BCUT2D eigenvalue weighted by molar-refractivity contribution is 8.00. The van der Waals surface area contributed by atoms with Crippen molar-refractivity contribution in [1.82, 2.24) is 15.7 Å².